The van der Waals surface area contributed by atoms with Gasteiger partial charge in [0.2, 0.25) is 0 Å². The van der Waals surface area contributed by atoms with Crippen LogP contribution >= 0.6 is 11.8 Å². The lowest BCUT2D eigenvalue weighted by Crippen LogP contribution is -2.35. The molecule has 0 aliphatic heterocycles. The summed E-state index contributed by atoms with van der Waals surface area (Å²) in [6.45, 7) is 1.21. The predicted molar refractivity (Wildman–Crippen MR) is 64.9 cm³/mol. The molecule has 82 valence electrons. The monoisotopic (exact) mass is 213 g/mol. The summed E-state index contributed by atoms with van der Waals surface area (Å²) in [6.07, 6.45) is 11.1. The zero-order valence-corrected chi connectivity index (χ0v) is 10.1. The van der Waals surface area contributed by atoms with Crippen molar-refractivity contribution in [3.8, 4) is 0 Å². The van der Waals surface area contributed by atoms with Gasteiger partial charge in [-0.15, -0.1) is 0 Å². The van der Waals surface area contributed by atoms with E-state index in [1.165, 1.54) is 50.8 Å². The van der Waals surface area contributed by atoms with Crippen LogP contribution in [0.4, 0.5) is 0 Å². The zero-order valence-electron chi connectivity index (χ0n) is 9.30. The highest BCUT2D eigenvalue weighted by Crippen LogP contribution is 2.43. The second-order valence-corrected chi connectivity index (χ2v) is 5.89. The highest BCUT2D eigenvalue weighted by Gasteiger charge is 2.34. The van der Waals surface area contributed by atoms with E-state index in [0.29, 0.717) is 0 Å². The van der Waals surface area contributed by atoms with Crippen LogP contribution in [0, 0.1) is 11.8 Å². The summed E-state index contributed by atoms with van der Waals surface area (Å²) in [5, 5.41) is 3.71. The first-order valence-electron chi connectivity index (χ1n) is 6.12. The maximum atomic E-state index is 3.71. The van der Waals surface area contributed by atoms with Crippen molar-refractivity contribution in [1.82, 2.24) is 5.32 Å². The SMILES string of the molecule is CSCCNC1CCCC(C2CC2)C1. The van der Waals surface area contributed by atoms with Crippen molar-refractivity contribution in [1.29, 1.82) is 0 Å². The maximum Gasteiger partial charge on any atom is 0.00701 e. The topological polar surface area (TPSA) is 12.0 Å². The Bertz CT molecular complexity index is 168. The molecule has 2 atom stereocenters. The summed E-state index contributed by atoms with van der Waals surface area (Å²) < 4.78 is 0. The molecule has 0 aromatic heterocycles. The Kier molecular flexibility index (Phi) is 4.18. The van der Waals surface area contributed by atoms with Crippen LogP contribution in [0.2, 0.25) is 0 Å². The van der Waals surface area contributed by atoms with Gasteiger partial charge >= 0.3 is 0 Å². The standard InChI is InChI=1S/C12H23NS/c1-14-8-7-13-12-4-2-3-11(9-12)10-5-6-10/h10-13H,2-9H2,1H3. The lowest BCUT2D eigenvalue weighted by atomic mass is 9.83. The van der Waals surface area contributed by atoms with Crippen LogP contribution < -0.4 is 5.32 Å². The molecule has 2 unspecified atom stereocenters. The van der Waals surface area contributed by atoms with Gasteiger partial charge in [0.25, 0.3) is 0 Å². The Balaban J connectivity index is 1.65. The molecule has 1 N–H and O–H groups in total. The Labute approximate surface area is 92.4 Å². The van der Waals surface area contributed by atoms with Crippen LogP contribution in [0.5, 0.6) is 0 Å². The Morgan fingerprint density at radius 1 is 1.14 bits per heavy atom. The van der Waals surface area contributed by atoms with Crippen molar-refractivity contribution in [2.24, 2.45) is 11.8 Å². The normalized spacial score (nSPS) is 33.2. The van der Waals surface area contributed by atoms with Gasteiger partial charge in [0, 0.05) is 18.3 Å². The van der Waals surface area contributed by atoms with Crippen molar-refractivity contribution >= 4 is 11.8 Å². The summed E-state index contributed by atoms with van der Waals surface area (Å²) in [5.74, 6) is 3.47. The fourth-order valence-electron chi connectivity index (χ4n) is 2.77. The molecule has 0 bridgehead atoms. The second-order valence-electron chi connectivity index (χ2n) is 4.91. The molecule has 1 nitrogen and oxygen atoms in total. The van der Waals surface area contributed by atoms with E-state index >= 15 is 0 Å². The molecule has 2 aliphatic rings. The molecule has 0 saturated heterocycles. The number of hydrogen-bond donors (Lipinski definition) is 1. The average molecular weight is 213 g/mol. The molecular formula is C12H23NS. The second kappa shape index (κ2) is 5.41. The molecule has 0 aromatic rings. The molecule has 14 heavy (non-hydrogen) atoms. The van der Waals surface area contributed by atoms with Crippen molar-refractivity contribution in [2.45, 2.75) is 44.6 Å². The van der Waals surface area contributed by atoms with E-state index in [2.05, 4.69) is 11.6 Å². The quantitative estimate of drug-likeness (QED) is 0.705. The van der Waals surface area contributed by atoms with Gasteiger partial charge < -0.3 is 5.32 Å². The summed E-state index contributed by atoms with van der Waals surface area (Å²) in [7, 11) is 0. The summed E-state index contributed by atoms with van der Waals surface area (Å²) in [5.41, 5.74) is 0. The van der Waals surface area contributed by atoms with E-state index in [1.807, 2.05) is 11.8 Å². The molecule has 2 heteroatoms. The molecule has 0 heterocycles. The zero-order chi connectivity index (χ0) is 9.80. The fourth-order valence-corrected chi connectivity index (χ4v) is 3.10. The lowest BCUT2D eigenvalue weighted by Gasteiger charge is -2.29. The number of nitrogens with one attached hydrogen (secondary N) is 1. The molecule has 0 aromatic carbocycles. The van der Waals surface area contributed by atoms with Crippen molar-refractivity contribution in [2.75, 3.05) is 18.6 Å². The molecule has 2 fully saturated rings. The Morgan fingerprint density at radius 3 is 2.71 bits per heavy atom. The first-order chi connectivity index (χ1) is 6.90. The highest BCUT2D eigenvalue weighted by molar-refractivity contribution is 7.98. The molecule has 0 spiro atoms. The van der Waals surface area contributed by atoms with E-state index in [0.717, 1.165) is 17.9 Å². The smallest absolute Gasteiger partial charge is 0.00701 e. The first kappa shape index (κ1) is 10.8. The third kappa shape index (κ3) is 3.16. The minimum absolute atomic E-state index is 0.849. The van der Waals surface area contributed by atoms with Crippen molar-refractivity contribution in [3.05, 3.63) is 0 Å². The van der Waals surface area contributed by atoms with Gasteiger partial charge in [0.05, 0.1) is 0 Å². The molecule has 0 radical (unpaired) electrons. The largest absolute Gasteiger partial charge is 0.313 e. The van der Waals surface area contributed by atoms with E-state index in [4.69, 9.17) is 0 Å². The van der Waals surface area contributed by atoms with Gasteiger partial charge in [0.1, 0.15) is 0 Å². The summed E-state index contributed by atoms with van der Waals surface area (Å²) in [6, 6.07) is 0.849. The van der Waals surface area contributed by atoms with Gasteiger partial charge in [0.15, 0.2) is 0 Å². The van der Waals surface area contributed by atoms with Gasteiger partial charge in [-0.1, -0.05) is 12.8 Å². The minimum Gasteiger partial charge on any atom is -0.313 e. The van der Waals surface area contributed by atoms with Gasteiger partial charge in [-0.3, -0.25) is 0 Å². The maximum absolute atomic E-state index is 3.71. The summed E-state index contributed by atoms with van der Waals surface area (Å²) >= 11 is 1.95. The van der Waals surface area contributed by atoms with Gasteiger partial charge in [-0.05, 0) is 43.8 Å². The number of rotatable bonds is 5. The highest BCUT2D eigenvalue weighted by atomic mass is 32.2. The van der Waals surface area contributed by atoms with Crippen LogP contribution in [0.15, 0.2) is 0 Å². The number of thioether (sulfide) groups is 1. The van der Waals surface area contributed by atoms with Crippen LogP contribution in [0.3, 0.4) is 0 Å². The third-order valence-electron chi connectivity index (χ3n) is 3.74. The van der Waals surface area contributed by atoms with Gasteiger partial charge in [-0.25, -0.2) is 0 Å². The molecular weight excluding hydrogens is 190 g/mol. The lowest BCUT2D eigenvalue weighted by molar-refractivity contribution is 0.264. The van der Waals surface area contributed by atoms with E-state index in [-0.39, 0.29) is 0 Å². The van der Waals surface area contributed by atoms with E-state index in [1.54, 1.807) is 0 Å². The first-order valence-corrected chi connectivity index (χ1v) is 7.52. The molecule has 2 rings (SSSR count). The Hall–Kier alpha value is 0.310. The Morgan fingerprint density at radius 2 is 2.00 bits per heavy atom. The molecule has 2 saturated carbocycles. The van der Waals surface area contributed by atoms with Crippen molar-refractivity contribution in [3.63, 3.8) is 0 Å². The van der Waals surface area contributed by atoms with Crippen LogP contribution in [0.1, 0.15) is 38.5 Å². The minimum atomic E-state index is 0.849. The van der Waals surface area contributed by atoms with Gasteiger partial charge in [-0.2, -0.15) is 11.8 Å². The third-order valence-corrected chi connectivity index (χ3v) is 4.36. The van der Waals surface area contributed by atoms with E-state index in [9.17, 15) is 0 Å². The molecule has 2 aliphatic carbocycles. The average Bonchev–Trinajstić information content (AvgIpc) is 3.02. The molecule has 0 amide bonds. The van der Waals surface area contributed by atoms with Crippen LogP contribution in [0.25, 0.3) is 0 Å². The van der Waals surface area contributed by atoms with Crippen LogP contribution in [-0.2, 0) is 0 Å². The van der Waals surface area contributed by atoms with Crippen molar-refractivity contribution < 1.29 is 0 Å². The fraction of sp³-hybridized carbons (Fsp3) is 1.00. The number of hydrogen-bond acceptors (Lipinski definition) is 2. The van der Waals surface area contributed by atoms with E-state index < -0.39 is 0 Å². The summed E-state index contributed by atoms with van der Waals surface area (Å²) in [4.78, 5) is 0. The predicted octanol–water partition coefficient (Wildman–Crippen LogP) is 2.91. The van der Waals surface area contributed by atoms with Crippen LogP contribution in [-0.4, -0.2) is 24.6 Å².